The quantitative estimate of drug-likeness (QED) is 0.0313. The second-order valence-corrected chi connectivity index (χ2v) is 33.8. The number of ether oxygens (including phenoxy) is 2. The first-order valence-corrected chi connectivity index (χ1v) is 40.8. The lowest BCUT2D eigenvalue weighted by Crippen LogP contribution is -2.27. The number of phenolic OH excluding ortho intramolecular Hbond substituents is 1. The number of benzene rings is 9. The van der Waals surface area contributed by atoms with Gasteiger partial charge >= 0.3 is 0 Å². The van der Waals surface area contributed by atoms with Crippen LogP contribution in [0.15, 0.2) is 195 Å². The Bertz CT molecular complexity index is 5460. The van der Waals surface area contributed by atoms with Crippen LogP contribution < -0.4 is 41.4 Å². The van der Waals surface area contributed by atoms with Crippen molar-refractivity contribution in [1.82, 2.24) is 31.9 Å². The van der Waals surface area contributed by atoms with E-state index in [0.29, 0.717) is 170 Å². The van der Waals surface area contributed by atoms with Crippen LogP contribution >= 0.6 is 31.9 Å². The Kier molecular flexibility index (Phi) is 31.7. The molecule has 0 spiro atoms. The van der Waals surface area contributed by atoms with Gasteiger partial charge in [-0.1, -0.05) is 119 Å². The third-order valence-electron chi connectivity index (χ3n) is 18.1. The Balaban J connectivity index is 0.000000191. The van der Waals surface area contributed by atoms with Gasteiger partial charge in [-0.2, -0.15) is 0 Å². The van der Waals surface area contributed by atoms with Crippen LogP contribution in [0, 0.1) is 35.2 Å². The van der Waals surface area contributed by atoms with Gasteiger partial charge in [0.2, 0.25) is 0 Å². The summed E-state index contributed by atoms with van der Waals surface area (Å²) < 4.78 is 71.0. The molecule has 0 aliphatic heterocycles. The summed E-state index contributed by atoms with van der Waals surface area (Å²) in [5.41, 5.74) is 9.84. The first-order valence-electron chi connectivity index (χ1n) is 39.0. The molecule has 3 aromatic heterocycles. The number of alkyl halides is 2. The Morgan fingerprint density at radius 2 is 0.684 bits per heavy atom. The van der Waals surface area contributed by atoms with Gasteiger partial charge in [-0.25, -0.2) is 13.2 Å². The number of fused-ring (bicyclic) bond motifs is 3. The van der Waals surface area contributed by atoms with Crippen LogP contribution in [0.3, 0.4) is 0 Å². The smallest absolute Gasteiger partial charge is 0.255 e. The molecule has 0 saturated heterocycles. The van der Waals surface area contributed by atoms with Crippen molar-refractivity contribution >= 4 is 100 Å². The zero-order valence-corrected chi connectivity index (χ0v) is 71.6. The Hall–Kier alpha value is -11.4. The fourth-order valence-electron chi connectivity index (χ4n) is 12.3. The summed E-state index contributed by atoms with van der Waals surface area (Å²) in [7, 11) is 4.63. The second kappa shape index (κ2) is 41.4. The molecule has 0 radical (unpaired) electrons. The SMILES string of the molecule is CC(C)Br.CC(C)Br.CNC(=O)c1c(-c2ccc(F)cc2)oc2ccc(-c3cc(C(=O)NCC(C)C)ccc3O)cc12.CNC(=O)c1c(-c2ccc(F)cc2)oc2ccc(-c3cc(C(=O)NCC(C)C)ccc3OC(C)C)cc12.CNC(=O)c1c(-c2ccc(F)cc2)oc2ccc(-c3cc(C(=O)NCC(C)C)ccc3OC3CCC3)cc12. The fraction of sp³-hybridized carbons (Fsp3) is 0.298. The lowest BCUT2D eigenvalue weighted by molar-refractivity contribution is 0.0940. The van der Waals surface area contributed by atoms with E-state index >= 15 is 0 Å². The van der Waals surface area contributed by atoms with Crippen molar-refractivity contribution in [2.45, 2.75) is 124 Å². The Morgan fingerprint density at radius 3 is 0.983 bits per heavy atom. The van der Waals surface area contributed by atoms with Gasteiger partial charge in [0.15, 0.2) is 0 Å². The van der Waals surface area contributed by atoms with E-state index in [1.165, 1.54) is 49.5 Å². The molecule has 1 aliphatic rings. The summed E-state index contributed by atoms with van der Waals surface area (Å²) >= 11 is 6.54. The molecule has 0 atom stereocenters. The molecule has 9 aromatic carbocycles. The molecule has 614 valence electrons. The maximum absolute atomic E-state index is 13.6. The van der Waals surface area contributed by atoms with Gasteiger partial charge < -0.3 is 59.7 Å². The van der Waals surface area contributed by atoms with Gasteiger partial charge in [-0.05, 0) is 231 Å². The molecule has 13 rings (SSSR count). The molecule has 117 heavy (non-hydrogen) atoms. The van der Waals surface area contributed by atoms with E-state index in [1.807, 2.05) is 97.9 Å². The molecular weight excluding hydrogens is 1620 g/mol. The van der Waals surface area contributed by atoms with E-state index in [0.717, 1.165) is 41.5 Å². The van der Waals surface area contributed by atoms with Crippen molar-refractivity contribution in [3.63, 3.8) is 0 Å². The van der Waals surface area contributed by atoms with Gasteiger partial charge in [0.05, 0.1) is 28.9 Å². The van der Waals surface area contributed by atoms with Crippen LogP contribution in [0.1, 0.15) is 164 Å². The van der Waals surface area contributed by atoms with Crippen molar-refractivity contribution in [3.05, 3.63) is 233 Å². The summed E-state index contributed by atoms with van der Waals surface area (Å²) in [5, 5.41) is 29.0. The van der Waals surface area contributed by atoms with Crippen molar-refractivity contribution in [2.75, 3.05) is 40.8 Å². The average Bonchev–Trinajstić information content (AvgIpc) is 1.64. The molecule has 3 heterocycles. The summed E-state index contributed by atoms with van der Waals surface area (Å²) in [5.74, 6) is 0.644. The summed E-state index contributed by atoms with van der Waals surface area (Å²) in [6.45, 7) is 26.1. The minimum atomic E-state index is -0.392. The van der Waals surface area contributed by atoms with Crippen LogP contribution in [0.25, 0.3) is 100 Å². The number of amides is 6. The molecular formula is C94H101Br2F3N6O12. The third kappa shape index (κ3) is 23.7. The number of aromatic hydroxyl groups is 1. The molecule has 1 aliphatic carbocycles. The minimum Gasteiger partial charge on any atom is -0.507 e. The number of carbonyl (C=O) groups is 6. The van der Waals surface area contributed by atoms with E-state index in [1.54, 1.807) is 111 Å². The summed E-state index contributed by atoms with van der Waals surface area (Å²) in [4.78, 5) is 78.2. The number of furan rings is 3. The van der Waals surface area contributed by atoms with Crippen molar-refractivity contribution in [3.8, 4) is 84.6 Å². The lowest BCUT2D eigenvalue weighted by Gasteiger charge is -2.27. The largest absolute Gasteiger partial charge is 0.507 e. The van der Waals surface area contributed by atoms with Crippen LogP contribution in [-0.2, 0) is 0 Å². The fourth-order valence-corrected chi connectivity index (χ4v) is 12.3. The molecule has 1 fully saturated rings. The monoisotopic (exact) mass is 1720 g/mol. The summed E-state index contributed by atoms with van der Waals surface area (Å²) in [6, 6.07) is 49.1. The highest BCUT2D eigenvalue weighted by Gasteiger charge is 2.29. The molecule has 0 bridgehead atoms. The number of hydrogen-bond donors (Lipinski definition) is 7. The van der Waals surface area contributed by atoms with E-state index in [4.69, 9.17) is 22.7 Å². The maximum Gasteiger partial charge on any atom is 0.255 e. The van der Waals surface area contributed by atoms with E-state index in [2.05, 4.69) is 91.5 Å². The number of carbonyl (C=O) groups excluding carboxylic acids is 6. The molecule has 1 saturated carbocycles. The highest BCUT2D eigenvalue weighted by Crippen LogP contribution is 2.44. The van der Waals surface area contributed by atoms with Crippen molar-refractivity contribution in [2.24, 2.45) is 17.8 Å². The van der Waals surface area contributed by atoms with E-state index < -0.39 is 5.82 Å². The second-order valence-electron chi connectivity index (χ2n) is 30.1. The molecule has 23 heteroatoms. The molecule has 18 nitrogen and oxygen atoms in total. The normalized spacial score (nSPS) is 11.7. The standard InChI is InChI=1S/C31H31FN2O4.C30H31FN2O4.C27H25FN2O4.2C3H7Br/c1-18(2)17-34-30(35)21-10-14-26(37-23-5-4-6-23)24(16-21)20-9-13-27-25(15-20)28(31(36)33-3)29(38-27)19-7-11-22(32)12-8-19;1-17(2)16-33-29(34)21-9-13-25(36-18(3)4)23(15-21)20-8-12-26-24(14-20)27(30(35)32-5)28(37-26)19-6-10-22(31)11-7-19;1-15(2)14-30-26(32)18-6-10-22(31)20(13-18)17-7-11-23-21(12-17)24(27(33)29-3)25(34-23)16-4-8-19(28)9-5-16;2*1-3(2)4/h7-16,18,23H,4-6,17H2,1-3H3,(H,33,36)(H,34,35);6-15,17-18H,16H2,1-5H3,(H,32,35)(H,33,34);4-13,15,31H,14H2,1-3H3,(H,29,33)(H,30,32);2*3H,1-2H3. The van der Waals surface area contributed by atoms with Crippen molar-refractivity contribution < 1.29 is 69.8 Å². The maximum atomic E-state index is 13.6. The zero-order chi connectivity index (χ0) is 85.1. The predicted octanol–water partition coefficient (Wildman–Crippen LogP) is 22.0. The first kappa shape index (κ1) is 89.5. The van der Waals surface area contributed by atoms with E-state index in [9.17, 15) is 47.0 Å². The Labute approximate surface area is 697 Å². The number of rotatable bonds is 22. The molecule has 6 amide bonds. The Morgan fingerprint density at radius 1 is 0.393 bits per heavy atom. The van der Waals surface area contributed by atoms with Crippen LogP contribution in [0.2, 0.25) is 0 Å². The van der Waals surface area contributed by atoms with E-state index in [-0.39, 0.29) is 65.0 Å². The van der Waals surface area contributed by atoms with Gasteiger partial charge in [0.25, 0.3) is 35.4 Å². The number of hydrogen-bond acceptors (Lipinski definition) is 12. The van der Waals surface area contributed by atoms with Crippen LogP contribution in [0.4, 0.5) is 13.2 Å². The number of halogens is 5. The van der Waals surface area contributed by atoms with Crippen LogP contribution in [0.5, 0.6) is 17.2 Å². The lowest BCUT2D eigenvalue weighted by atomic mass is 9.95. The molecule has 12 aromatic rings. The molecule has 7 N–H and O–H groups in total. The van der Waals surface area contributed by atoms with Crippen LogP contribution in [-0.4, -0.2) is 103 Å². The predicted molar refractivity (Wildman–Crippen MR) is 467 cm³/mol. The van der Waals surface area contributed by atoms with Gasteiger partial charge in [0, 0.05) is 117 Å². The number of nitrogens with one attached hydrogen (secondary N) is 6. The van der Waals surface area contributed by atoms with Crippen molar-refractivity contribution in [1.29, 1.82) is 0 Å². The zero-order valence-electron chi connectivity index (χ0n) is 68.4. The topological polar surface area (TPSA) is 253 Å². The van der Waals surface area contributed by atoms with Gasteiger partial charge in [-0.15, -0.1) is 0 Å². The third-order valence-corrected chi connectivity index (χ3v) is 18.1. The minimum absolute atomic E-state index is 0.00325. The van der Waals surface area contributed by atoms with Gasteiger partial charge in [0.1, 0.15) is 68.7 Å². The molecule has 0 unspecified atom stereocenters. The average molecular weight is 1720 g/mol. The summed E-state index contributed by atoms with van der Waals surface area (Å²) in [6.07, 6.45) is 3.21. The highest BCUT2D eigenvalue weighted by atomic mass is 79.9. The first-order chi connectivity index (χ1) is 55.7. The number of phenols is 1. The van der Waals surface area contributed by atoms with Gasteiger partial charge in [-0.3, -0.25) is 28.8 Å². The highest BCUT2D eigenvalue weighted by molar-refractivity contribution is 9.09.